The van der Waals surface area contributed by atoms with Gasteiger partial charge in [-0.05, 0) is 72.8 Å². The number of aryl methyl sites for hydroxylation is 2. The van der Waals surface area contributed by atoms with Gasteiger partial charge in [-0.15, -0.1) is 0 Å². The predicted octanol–water partition coefficient (Wildman–Crippen LogP) is 4.66. The zero-order chi connectivity index (χ0) is 15.2. The van der Waals surface area contributed by atoms with Crippen molar-refractivity contribution in [3.8, 4) is 5.75 Å². The molecule has 1 aromatic heterocycles. The molecule has 1 heterocycles. The first kappa shape index (κ1) is 16.1. The van der Waals surface area contributed by atoms with Crippen LogP contribution in [0.4, 0.5) is 0 Å². The summed E-state index contributed by atoms with van der Waals surface area (Å²) in [6.07, 6.45) is 2.14. The quantitative estimate of drug-likeness (QED) is 0.803. The van der Waals surface area contributed by atoms with Crippen molar-refractivity contribution in [3.05, 3.63) is 51.2 Å². The van der Waals surface area contributed by atoms with Crippen LogP contribution in [-0.4, -0.2) is 13.7 Å². The highest BCUT2D eigenvalue weighted by atomic mass is 32.1. The van der Waals surface area contributed by atoms with Gasteiger partial charge in [-0.1, -0.05) is 13.0 Å². The summed E-state index contributed by atoms with van der Waals surface area (Å²) in [5, 5.41) is 8.06. The second-order valence-electron chi connectivity index (χ2n) is 5.54. The van der Waals surface area contributed by atoms with Crippen LogP contribution in [0.3, 0.4) is 0 Å². The molecular formula is C18H25NOS. The minimum Gasteiger partial charge on any atom is -0.496 e. The second-order valence-corrected chi connectivity index (χ2v) is 6.32. The van der Waals surface area contributed by atoms with Crippen LogP contribution in [0.5, 0.6) is 5.75 Å². The lowest BCUT2D eigenvalue weighted by atomic mass is 9.94. The summed E-state index contributed by atoms with van der Waals surface area (Å²) in [7, 11) is 1.76. The SMILES string of the molecule is CCCNC(Cc1ccsc1)c1c(C)cc(C)cc1OC. The van der Waals surface area contributed by atoms with Gasteiger partial charge in [-0.3, -0.25) is 0 Å². The minimum atomic E-state index is 0.301. The van der Waals surface area contributed by atoms with E-state index in [2.05, 4.69) is 55.0 Å². The Labute approximate surface area is 132 Å². The van der Waals surface area contributed by atoms with Gasteiger partial charge in [0.15, 0.2) is 0 Å². The summed E-state index contributed by atoms with van der Waals surface area (Å²) in [5.41, 5.74) is 5.23. The summed E-state index contributed by atoms with van der Waals surface area (Å²) >= 11 is 1.76. The molecule has 0 radical (unpaired) electrons. The fourth-order valence-corrected chi connectivity index (χ4v) is 3.48. The minimum absolute atomic E-state index is 0.301. The smallest absolute Gasteiger partial charge is 0.124 e. The molecule has 0 bridgehead atoms. The van der Waals surface area contributed by atoms with Gasteiger partial charge in [0.1, 0.15) is 5.75 Å². The summed E-state index contributed by atoms with van der Waals surface area (Å²) in [5.74, 6) is 0.997. The van der Waals surface area contributed by atoms with Crippen LogP contribution in [-0.2, 0) is 6.42 Å². The summed E-state index contributed by atoms with van der Waals surface area (Å²) in [6, 6.07) is 6.89. The third-order valence-corrected chi connectivity index (χ3v) is 4.45. The topological polar surface area (TPSA) is 21.3 Å². The van der Waals surface area contributed by atoms with Gasteiger partial charge in [0.2, 0.25) is 0 Å². The molecular weight excluding hydrogens is 278 g/mol. The number of thiophene rings is 1. The van der Waals surface area contributed by atoms with E-state index < -0.39 is 0 Å². The van der Waals surface area contributed by atoms with Crippen molar-refractivity contribution in [1.29, 1.82) is 0 Å². The Bertz CT molecular complexity index is 563. The first-order valence-electron chi connectivity index (χ1n) is 7.55. The number of rotatable bonds is 7. The fraction of sp³-hybridized carbons (Fsp3) is 0.444. The lowest BCUT2D eigenvalue weighted by Crippen LogP contribution is -2.25. The lowest BCUT2D eigenvalue weighted by molar-refractivity contribution is 0.397. The second kappa shape index (κ2) is 7.62. The molecule has 21 heavy (non-hydrogen) atoms. The Morgan fingerprint density at radius 2 is 2.10 bits per heavy atom. The maximum Gasteiger partial charge on any atom is 0.124 e. The highest BCUT2D eigenvalue weighted by Crippen LogP contribution is 2.32. The van der Waals surface area contributed by atoms with Crippen molar-refractivity contribution >= 4 is 11.3 Å². The van der Waals surface area contributed by atoms with E-state index in [1.165, 1.54) is 22.3 Å². The molecule has 3 heteroatoms. The zero-order valence-corrected chi connectivity index (χ0v) is 14.2. The van der Waals surface area contributed by atoms with E-state index in [9.17, 15) is 0 Å². The Hall–Kier alpha value is -1.32. The zero-order valence-electron chi connectivity index (χ0n) is 13.4. The van der Waals surface area contributed by atoms with Gasteiger partial charge in [0.25, 0.3) is 0 Å². The molecule has 1 aromatic carbocycles. The Balaban J connectivity index is 2.35. The normalized spacial score (nSPS) is 12.4. The molecule has 0 fully saturated rings. The molecule has 2 nitrogen and oxygen atoms in total. The van der Waals surface area contributed by atoms with Gasteiger partial charge in [0, 0.05) is 11.6 Å². The number of nitrogens with one attached hydrogen (secondary N) is 1. The van der Waals surface area contributed by atoms with E-state index in [0.29, 0.717) is 6.04 Å². The number of hydrogen-bond acceptors (Lipinski definition) is 3. The van der Waals surface area contributed by atoms with E-state index >= 15 is 0 Å². The van der Waals surface area contributed by atoms with Gasteiger partial charge in [-0.25, -0.2) is 0 Å². The molecule has 0 aliphatic heterocycles. The van der Waals surface area contributed by atoms with Crippen molar-refractivity contribution in [2.75, 3.05) is 13.7 Å². The molecule has 0 aliphatic rings. The van der Waals surface area contributed by atoms with E-state index in [-0.39, 0.29) is 0 Å². The van der Waals surface area contributed by atoms with Gasteiger partial charge in [-0.2, -0.15) is 11.3 Å². The molecule has 114 valence electrons. The maximum absolute atomic E-state index is 5.65. The molecule has 1 atom stereocenters. The third kappa shape index (κ3) is 4.08. The van der Waals surface area contributed by atoms with Crippen LogP contribution in [0.25, 0.3) is 0 Å². The molecule has 2 aromatic rings. The first-order valence-corrected chi connectivity index (χ1v) is 8.49. The van der Waals surface area contributed by atoms with E-state index in [1.54, 1.807) is 18.4 Å². The van der Waals surface area contributed by atoms with Crippen LogP contribution in [0.2, 0.25) is 0 Å². The highest BCUT2D eigenvalue weighted by Gasteiger charge is 2.19. The largest absolute Gasteiger partial charge is 0.496 e. The first-order chi connectivity index (χ1) is 10.2. The molecule has 0 spiro atoms. The Morgan fingerprint density at radius 1 is 1.29 bits per heavy atom. The standard InChI is InChI=1S/C18H25NOS/c1-5-7-19-16(11-15-6-8-21-12-15)18-14(3)9-13(2)10-17(18)20-4/h6,8-10,12,16,19H,5,7,11H2,1-4H3. The fourth-order valence-electron chi connectivity index (χ4n) is 2.79. The third-order valence-electron chi connectivity index (χ3n) is 3.72. The van der Waals surface area contributed by atoms with Gasteiger partial charge in [0.05, 0.1) is 7.11 Å². The molecule has 1 N–H and O–H groups in total. The Morgan fingerprint density at radius 3 is 2.71 bits per heavy atom. The van der Waals surface area contributed by atoms with Crippen molar-refractivity contribution in [2.45, 2.75) is 39.7 Å². The highest BCUT2D eigenvalue weighted by molar-refractivity contribution is 7.07. The molecule has 2 rings (SSSR count). The lowest BCUT2D eigenvalue weighted by Gasteiger charge is -2.23. The van der Waals surface area contributed by atoms with Crippen LogP contribution in [0.1, 0.15) is 41.6 Å². The number of ether oxygens (including phenoxy) is 1. The van der Waals surface area contributed by atoms with Gasteiger partial charge < -0.3 is 10.1 Å². The van der Waals surface area contributed by atoms with E-state index in [1.807, 2.05) is 0 Å². The van der Waals surface area contributed by atoms with Crippen molar-refractivity contribution < 1.29 is 4.74 Å². The van der Waals surface area contributed by atoms with Crippen LogP contribution in [0, 0.1) is 13.8 Å². The average Bonchev–Trinajstić information content (AvgIpc) is 2.96. The molecule has 0 saturated carbocycles. The van der Waals surface area contributed by atoms with Crippen molar-refractivity contribution in [3.63, 3.8) is 0 Å². The molecule has 0 amide bonds. The monoisotopic (exact) mass is 303 g/mol. The Kier molecular flexibility index (Phi) is 5.83. The van der Waals surface area contributed by atoms with Crippen LogP contribution < -0.4 is 10.1 Å². The molecule has 0 aliphatic carbocycles. The average molecular weight is 303 g/mol. The molecule has 0 saturated heterocycles. The van der Waals surface area contributed by atoms with E-state index in [0.717, 1.165) is 25.1 Å². The maximum atomic E-state index is 5.65. The van der Waals surface area contributed by atoms with Gasteiger partial charge >= 0.3 is 0 Å². The van der Waals surface area contributed by atoms with Crippen molar-refractivity contribution in [1.82, 2.24) is 5.32 Å². The van der Waals surface area contributed by atoms with Crippen LogP contribution in [0.15, 0.2) is 29.0 Å². The summed E-state index contributed by atoms with van der Waals surface area (Å²) in [4.78, 5) is 0. The van der Waals surface area contributed by atoms with Crippen molar-refractivity contribution in [2.24, 2.45) is 0 Å². The molecule has 1 unspecified atom stereocenters. The summed E-state index contributed by atoms with van der Waals surface area (Å²) < 4.78 is 5.65. The number of benzene rings is 1. The number of methoxy groups -OCH3 is 1. The van der Waals surface area contributed by atoms with E-state index in [4.69, 9.17) is 4.74 Å². The van der Waals surface area contributed by atoms with Crippen LogP contribution >= 0.6 is 11.3 Å². The predicted molar refractivity (Wildman–Crippen MR) is 91.5 cm³/mol. The number of hydrogen-bond donors (Lipinski definition) is 1. The summed E-state index contributed by atoms with van der Waals surface area (Å²) in [6.45, 7) is 7.52.